The summed E-state index contributed by atoms with van der Waals surface area (Å²) in [4.78, 5) is 0. The van der Waals surface area contributed by atoms with Crippen LogP contribution in [0.3, 0.4) is 0 Å². The second-order valence-electron chi connectivity index (χ2n) is 2.31. The summed E-state index contributed by atoms with van der Waals surface area (Å²) in [7, 11) is 0. The first-order valence-electron chi connectivity index (χ1n) is 3.21. The number of hydrogen-bond acceptors (Lipinski definition) is 0. The molecule has 2 rings (SSSR count). The monoisotopic (exact) mass is 172 g/mol. The minimum absolute atomic E-state index is 0.378. The van der Waals surface area contributed by atoms with Crippen LogP contribution in [0, 0.1) is 0 Å². The first-order chi connectivity index (χ1) is 4.47. The molecule has 0 aromatic heterocycles. The Morgan fingerprint density at radius 1 is 1.11 bits per heavy atom. The second kappa shape index (κ2) is 2.08. The van der Waals surface area contributed by atoms with E-state index < -0.39 is 0 Å². The van der Waals surface area contributed by atoms with E-state index in [-0.39, 0.29) is 17.4 Å². The first-order valence-corrected chi connectivity index (χ1v) is 6.41. The topological polar surface area (TPSA) is 0 Å². The molecule has 0 saturated carbocycles. The Morgan fingerprint density at radius 2 is 2.00 bits per heavy atom. The second-order valence-corrected chi connectivity index (χ2v) is 5.75. The van der Waals surface area contributed by atoms with Crippen molar-refractivity contribution in [2.45, 2.75) is 0 Å². The number of hydrogen-bond donors (Lipinski definition) is 0. The summed E-state index contributed by atoms with van der Waals surface area (Å²) >= 11 is -0.378. The third-order valence-corrected chi connectivity index (χ3v) is 4.95. The van der Waals surface area contributed by atoms with Crippen LogP contribution in [0.4, 0.5) is 0 Å². The van der Waals surface area contributed by atoms with Crippen LogP contribution in [-0.2, 0) is 0 Å². The molecule has 1 aliphatic heterocycles. The van der Waals surface area contributed by atoms with Crippen LogP contribution in [0.25, 0.3) is 6.08 Å². The fourth-order valence-electron chi connectivity index (χ4n) is 1.20. The molecule has 0 unspecified atom stereocenters. The zero-order chi connectivity index (χ0) is 6.10. The molecule has 0 nitrogen and oxygen atoms in total. The Bertz CT molecular complexity index is 250. The summed E-state index contributed by atoms with van der Waals surface area (Å²) in [5, 5.41) is 0. The van der Waals surface area contributed by atoms with Crippen LogP contribution < -0.4 is 4.12 Å². The molecule has 1 aromatic carbocycles. The molecule has 1 aromatic rings. The van der Waals surface area contributed by atoms with Crippen molar-refractivity contribution < 1.29 is 0 Å². The zero-order valence-corrected chi connectivity index (χ0v) is 8.14. The molecule has 9 heavy (non-hydrogen) atoms. The summed E-state index contributed by atoms with van der Waals surface area (Å²) in [5.74, 6) is 0. The Hall–Kier alpha value is -0.404. The molecular formula is C8H7Ga. The average Bonchev–Trinajstić information content (AvgIpc) is 2.33. The third-order valence-electron chi connectivity index (χ3n) is 1.69. The molecule has 0 N–H and O–H groups in total. The number of benzene rings is 1. The molecule has 0 bridgehead atoms. The van der Waals surface area contributed by atoms with Gasteiger partial charge in [0.15, 0.2) is 0 Å². The molecule has 1 heterocycles. The van der Waals surface area contributed by atoms with Gasteiger partial charge in [-0.1, -0.05) is 0 Å². The van der Waals surface area contributed by atoms with Crippen LogP contribution in [0.5, 0.6) is 0 Å². The van der Waals surface area contributed by atoms with Crippen LogP contribution in [-0.4, -0.2) is 17.4 Å². The Labute approximate surface area is 62.4 Å². The van der Waals surface area contributed by atoms with Gasteiger partial charge < -0.3 is 0 Å². The normalized spacial score (nSPS) is 12.9. The van der Waals surface area contributed by atoms with E-state index in [9.17, 15) is 0 Å². The van der Waals surface area contributed by atoms with Gasteiger partial charge in [-0.2, -0.15) is 0 Å². The van der Waals surface area contributed by atoms with E-state index in [0.29, 0.717) is 0 Å². The van der Waals surface area contributed by atoms with E-state index >= 15 is 0 Å². The SMILES string of the molecule is [CH]1=Cc2cccc[c]2[GaH]1. The van der Waals surface area contributed by atoms with Crippen molar-refractivity contribution >= 4 is 27.6 Å². The van der Waals surface area contributed by atoms with Crippen LogP contribution in [0.15, 0.2) is 28.9 Å². The van der Waals surface area contributed by atoms with Gasteiger partial charge in [0, 0.05) is 0 Å². The maximum absolute atomic E-state index is 2.39. The number of rotatable bonds is 0. The van der Waals surface area contributed by atoms with Crippen molar-refractivity contribution in [3.63, 3.8) is 0 Å². The van der Waals surface area contributed by atoms with E-state index in [0.717, 1.165) is 0 Å². The summed E-state index contributed by atoms with van der Waals surface area (Å²) < 4.78 is 4.03. The van der Waals surface area contributed by atoms with Gasteiger partial charge in [0.05, 0.1) is 0 Å². The van der Waals surface area contributed by atoms with Crippen molar-refractivity contribution in [2.24, 2.45) is 0 Å². The minimum atomic E-state index is -0.378. The predicted molar refractivity (Wildman–Crippen MR) is 42.3 cm³/mol. The van der Waals surface area contributed by atoms with Crippen molar-refractivity contribution in [1.29, 1.82) is 0 Å². The van der Waals surface area contributed by atoms with Crippen LogP contribution >= 0.6 is 0 Å². The molecule has 0 spiro atoms. The molecule has 0 fully saturated rings. The molecule has 0 saturated heterocycles. The quantitative estimate of drug-likeness (QED) is 0.507. The van der Waals surface area contributed by atoms with Gasteiger partial charge in [-0.15, -0.1) is 0 Å². The summed E-state index contributed by atoms with van der Waals surface area (Å²) in [5.41, 5.74) is 1.47. The molecule has 0 aliphatic carbocycles. The van der Waals surface area contributed by atoms with E-state index in [1.54, 1.807) is 4.12 Å². The fraction of sp³-hybridized carbons (Fsp3) is 0. The predicted octanol–water partition coefficient (Wildman–Crippen LogP) is 0.733. The Balaban J connectivity index is 2.63. The van der Waals surface area contributed by atoms with E-state index in [1.165, 1.54) is 5.56 Å². The van der Waals surface area contributed by atoms with Gasteiger partial charge in [-0.25, -0.2) is 0 Å². The molecule has 0 atom stereocenters. The Morgan fingerprint density at radius 3 is 2.89 bits per heavy atom. The van der Waals surface area contributed by atoms with E-state index in [2.05, 4.69) is 35.0 Å². The summed E-state index contributed by atoms with van der Waals surface area (Å²) in [6.07, 6.45) is 2.26. The van der Waals surface area contributed by atoms with Gasteiger partial charge in [0.25, 0.3) is 0 Å². The van der Waals surface area contributed by atoms with Crippen molar-refractivity contribution in [1.82, 2.24) is 0 Å². The molecule has 1 heteroatoms. The van der Waals surface area contributed by atoms with Gasteiger partial charge in [-0.05, 0) is 0 Å². The Kier molecular flexibility index (Phi) is 1.25. The van der Waals surface area contributed by atoms with Crippen LogP contribution in [0.2, 0.25) is 0 Å². The van der Waals surface area contributed by atoms with E-state index in [1.807, 2.05) is 0 Å². The number of fused-ring (bicyclic) bond motifs is 1. The first kappa shape index (κ1) is 5.39. The molecule has 42 valence electrons. The molecule has 0 radical (unpaired) electrons. The molecule has 1 aliphatic rings. The third kappa shape index (κ3) is 0.864. The fourth-order valence-corrected chi connectivity index (χ4v) is 4.07. The summed E-state index contributed by atoms with van der Waals surface area (Å²) in [6.45, 7) is 0. The van der Waals surface area contributed by atoms with E-state index in [4.69, 9.17) is 0 Å². The van der Waals surface area contributed by atoms with Crippen molar-refractivity contribution in [3.05, 3.63) is 34.5 Å². The van der Waals surface area contributed by atoms with Crippen LogP contribution in [0.1, 0.15) is 5.56 Å². The van der Waals surface area contributed by atoms with Crippen molar-refractivity contribution in [3.8, 4) is 0 Å². The standard InChI is InChI=1S/C8H6.Ga.H/c1-2-8-6-4-3-5-7-8;;/h1-6H;;. The average molecular weight is 173 g/mol. The van der Waals surface area contributed by atoms with Gasteiger partial charge in [0.2, 0.25) is 0 Å². The molecule has 0 amide bonds. The molecular weight excluding hydrogens is 166 g/mol. The maximum atomic E-state index is 2.39. The summed E-state index contributed by atoms with van der Waals surface area (Å²) in [6, 6.07) is 8.70. The van der Waals surface area contributed by atoms with Crippen molar-refractivity contribution in [2.75, 3.05) is 0 Å². The van der Waals surface area contributed by atoms with Gasteiger partial charge in [-0.3, -0.25) is 0 Å². The van der Waals surface area contributed by atoms with Gasteiger partial charge >= 0.3 is 62.1 Å². The van der Waals surface area contributed by atoms with Gasteiger partial charge in [0.1, 0.15) is 0 Å². The zero-order valence-electron chi connectivity index (χ0n) is 5.17.